The van der Waals surface area contributed by atoms with Gasteiger partial charge >= 0.3 is 25.7 Å². The van der Waals surface area contributed by atoms with Crippen LogP contribution >= 0.6 is 7.82 Å². The molecule has 0 saturated carbocycles. The number of allylic oxidation sites excluding steroid dienone is 18. The molecule has 0 aromatic rings. The highest BCUT2D eigenvalue weighted by Crippen LogP contribution is 2.43. The molecule has 0 fully saturated rings. The summed E-state index contributed by atoms with van der Waals surface area (Å²) in [5.41, 5.74) is 0. The van der Waals surface area contributed by atoms with Gasteiger partial charge in [-0.2, -0.15) is 0 Å². The van der Waals surface area contributed by atoms with Gasteiger partial charge in [-0.05, 0) is 116 Å². The second-order valence-electron chi connectivity index (χ2n) is 21.5. The number of carbonyl (C=O) groups excluding carboxylic acids is 3. The third-order valence-corrected chi connectivity index (χ3v) is 14.6. The van der Waals surface area contributed by atoms with Crippen LogP contribution in [0.4, 0.5) is 0 Å². The first-order chi connectivity index (χ1) is 40.2. The van der Waals surface area contributed by atoms with Crippen molar-refractivity contribution < 1.29 is 52.2 Å². The maximum absolute atomic E-state index is 13.0. The summed E-state index contributed by atoms with van der Waals surface area (Å²) in [4.78, 5) is 48.8. The van der Waals surface area contributed by atoms with Crippen LogP contribution in [-0.4, -0.2) is 66.5 Å². The number of phosphoric ester groups is 1. The quantitative estimate of drug-likeness (QED) is 0.0197. The van der Waals surface area contributed by atoms with E-state index in [9.17, 15) is 28.9 Å². The minimum atomic E-state index is -4.78. The van der Waals surface area contributed by atoms with Crippen LogP contribution in [0.25, 0.3) is 0 Å². The van der Waals surface area contributed by atoms with Crippen LogP contribution in [0, 0.1) is 0 Å². The summed E-state index contributed by atoms with van der Waals surface area (Å²) in [6, 6.07) is 0. The molecule has 0 rings (SSSR count). The lowest BCUT2D eigenvalue weighted by molar-refractivity contribution is -0.161. The summed E-state index contributed by atoms with van der Waals surface area (Å²) < 4.78 is 39.6. The van der Waals surface area contributed by atoms with Gasteiger partial charge in [-0.25, -0.2) is 4.57 Å². The zero-order valence-electron chi connectivity index (χ0n) is 52.2. The van der Waals surface area contributed by atoms with Gasteiger partial charge in [0.05, 0.1) is 19.8 Å². The predicted octanol–water partition coefficient (Wildman–Crippen LogP) is 20.1. The number of aliphatic hydroxyl groups is 1. The molecule has 0 amide bonds. The minimum Gasteiger partial charge on any atom is -0.462 e. The van der Waals surface area contributed by atoms with Crippen LogP contribution in [0.1, 0.15) is 278 Å². The summed E-state index contributed by atoms with van der Waals surface area (Å²) in [5.74, 6) is -1.58. The van der Waals surface area contributed by atoms with Crippen molar-refractivity contribution in [1.82, 2.24) is 0 Å². The highest BCUT2D eigenvalue weighted by Gasteiger charge is 2.28. The van der Waals surface area contributed by atoms with Crippen LogP contribution < -0.4 is 0 Å². The molecule has 3 atom stereocenters. The topological polar surface area (TPSA) is 155 Å². The molecule has 82 heavy (non-hydrogen) atoms. The first-order valence-corrected chi connectivity index (χ1v) is 34.3. The Labute approximate surface area is 501 Å². The zero-order chi connectivity index (χ0) is 59.8. The van der Waals surface area contributed by atoms with Crippen molar-refractivity contribution >= 4 is 25.7 Å². The van der Waals surface area contributed by atoms with Crippen molar-refractivity contribution in [2.75, 3.05) is 26.4 Å². The van der Waals surface area contributed by atoms with E-state index in [1.165, 1.54) is 122 Å². The molecule has 470 valence electrons. The van der Waals surface area contributed by atoms with Gasteiger partial charge in [0.25, 0.3) is 0 Å². The summed E-state index contributed by atoms with van der Waals surface area (Å²) in [5, 5.41) is 9.86. The Kier molecular flexibility index (Phi) is 60.2. The van der Waals surface area contributed by atoms with Gasteiger partial charge in [-0.1, -0.05) is 252 Å². The third kappa shape index (κ3) is 60.7. The first-order valence-electron chi connectivity index (χ1n) is 32.8. The SMILES string of the molecule is CC/C=C\C/C=C\C/C=C\C/C=C\C/C=C\C/C=C\CCC(=O)OC(COC(=O)CCCCCCCCCCC/C=C\CCCCCCCC)COP(=O)(O)OCC(CO)OC(=O)CCCCCCCCC/C=C\C/C=C\CCCCC. The molecular weight excluding hydrogens is 1050 g/mol. The van der Waals surface area contributed by atoms with Gasteiger partial charge in [0.15, 0.2) is 6.10 Å². The average Bonchev–Trinajstić information content (AvgIpc) is 3.50. The highest BCUT2D eigenvalue weighted by molar-refractivity contribution is 7.47. The lowest BCUT2D eigenvalue weighted by atomic mass is 10.1. The molecule has 0 heterocycles. The molecule has 12 heteroatoms. The Balaban J connectivity index is 4.81. The Morgan fingerprint density at radius 1 is 0.354 bits per heavy atom. The van der Waals surface area contributed by atoms with Crippen molar-refractivity contribution in [3.63, 3.8) is 0 Å². The molecule has 2 N–H and O–H groups in total. The fraction of sp³-hybridized carbons (Fsp3) is 0.700. The molecule has 0 spiro atoms. The minimum absolute atomic E-state index is 0.0378. The van der Waals surface area contributed by atoms with Crippen molar-refractivity contribution in [3.05, 3.63) is 109 Å². The largest absolute Gasteiger partial charge is 0.472 e. The Morgan fingerprint density at radius 2 is 0.659 bits per heavy atom. The second-order valence-corrected chi connectivity index (χ2v) is 23.0. The van der Waals surface area contributed by atoms with Gasteiger partial charge in [0.2, 0.25) is 0 Å². The van der Waals surface area contributed by atoms with Crippen molar-refractivity contribution in [2.45, 2.75) is 290 Å². The normalized spacial score (nSPS) is 14.0. The van der Waals surface area contributed by atoms with Crippen molar-refractivity contribution in [3.8, 4) is 0 Å². The summed E-state index contributed by atoms with van der Waals surface area (Å²) in [6.07, 6.45) is 77.7. The van der Waals surface area contributed by atoms with E-state index in [2.05, 4.69) is 118 Å². The Hall–Kier alpha value is -3.86. The highest BCUT2D eigenvalue weighted by atomic mass is 31.2. The number of hydrogen-bond donors (Lipinski definition) is 2. The number of phosphoric acid groups is 1. The number of ether oxygens (including phenoxy) is 3. The first kappa shape index (κ1) is 78.1. The van der Waals surface area contributed by atoms with E-state index in [1.807, 2.05) is 12.2 Å². The van der Waals surface area contributed by atoms with Crippen LogP contribution in [0.15, 0.2) is 109 Å². The molecule has 0 aromatic carbocycles. The summed E-state index contributed by atoms with van der Waals surface area (Å²) in [7, 11) is -4.78. The number of esters is 3. The van der Waals surface area contributed by atoms with E-state index in [0.29, 0.717) is 25.7 Å². The fourth-order valence-corrected chi connectivity index (χ4v) is 9.49. The summed E-state index contributed by atoms with van der Waals surface area (Å²) >= 11 is 0. The molecule has 0 saturated heterocycles. The van der Waals surface area contributed by atoms with E-state index in [1.54, 1.807) is 0 Å². The lowest BCUT2D eigenvalue weighted by Gasteiger charge is -2.21. The van der Waals surface area contributed by atoms with Crippen LogP contribution in [-0.2, 0) is 42.2 Å². The number of carbonyl (C=O) groups is 3. The van der Waals surface area contributed by atoms with Gasteiger partial charge in [-0.3, -0.25) is 23.4 Å². The van der Waals surface area contributed by atoms with Gasteiger partial charge in [0.1, 0.15) is 12.7 Å². The van der Waals surface area contributed by atoms with Gasteiger partial charge < -0.3 is 24.2 Å². The average molecular weight is 1170 g/mol. The molecule has 11 nitrogen and oxygen atoms in total. The van der Waals surface area contributed by atoms with Crippen LogP contribution in [0.2, 0.25) is 0 Å². The molecule has 0 bridgehead atoms. The molecule has 3 unspecified atom stereocenters. The molecule has 0 aliphatic heterocycles. The summed E-state index contributed by atoms with van der Waals surface area (Å²) in [6.45, 7) is 4.44. The van der Waals surface area contributed by atoms with E-state index < -0.39 is 57.8 Å². The molecule has 0 radical (unpaired) electrons. The number of aliphatic hydroxyl groups excluding tert-OH is 1. The maximum Gasteiger partial charge on any atom is 0.472 e. The monoisotopic (exact) mass is 1170 g/mol. The van der Waals surface area contributed by atoms with E-state index in [-0.39, 0.29) is 25.9 Å². The van der Waals surface area contributed by atoms with Crippen LogP contribution in [0.5, 0.6) is 0 Å². The third-order valence-electron chi connectivity index (χ3n) is 13.7. The second kappa shape index (κ2) is 63.2. The van der Waals surface area contributed by atoms with Crippen LogP contribution in [0.3, 0.4) is 0 Å². The zero-order valence-corrected chi connectivity index (χ0v) is 53.1. The van der Waals surface area contributed by atoms with E-state index in [0.717, 1.165) is 89.9 Å². The van der Waals surface area contributed by atoms with E-state index in [4.69, 9.17) is 23.3 Å². The Morgan fingerprint density at radius 3 is 1.09 bits per heavy atom. The van der Waals surface area contributed by atoms with Crippen molar-refractivity contribution in [1.29, 1.82) is 0 Å². The Bertz CT molecular complexity index is 1790. The van der Waals surface area contributed by atoms with E-state index >= 15 is 0 Å². The molecule has 0 aromatic heterocycles. The lowest BCUT2D eigenvalue weighted by Crippen LogP contribution is -2.30. The maximum atomic E-state index is 13.0. The molecule has 0 aliphatic carbocycles. The number of rotatable bonds is 60. The predicted molar refractivity (Wildman–Crippen MR) is 343 cm³/mol. The van der Waals surface area contributed by atoms with Crippen molar-refractivity contribution in [2.24, 2.45) is 0 Å². The fourth-order valence-electron chi connectivity index (χ4n) is 8.70. The molecule has 0 aliphatic rings. The smallest absolute Gasteiger partial charge is 0.462 e. The molecular formula is C70H119O11P. The number of unbranched alkanes of at least 4 members (excludes halogenated alkanes) is 25. The van der Waals surface area contributed by atoms with Gasteiger partial charge in [0, 0.05) is 19.3 Å². The van der Waals surface area contributed by atoms with Gasteiger partial charge in [-0.15, -0.1) is 0 Å². The number of hydrogen-bond acceptors (Lipinski definition) is 10. The standard InChI is InChI=1S/C70H119O11P/c1-4-7-10-13-16-19-22-25-28-31-33-36-38-41-44-47-50-53-56-59-68(72)77-63-67(81-70(74)61-58-55-52-49-46-43-40-37-34-32-29-26-23-20-17-14-11-8-5-2)65-79-82(75,76)78-64-66(62-71)80-69(73)60-57-54-51-48-45-42-39-35-30-27-24-21-18-15-12-9-6-3/h8,11,17-18,20-21,25-30,34,37,43,46,52,55,66-67,71H,4-7,9-10,12-16,19,22-24,31-33,35-36,38-42,44-45,47-51,53-54,56-65H2,1-3H3,(H,75,76)/b11-8-,20-17-,21-18-,28-25-,29-26-,30-27-,37-34-,46-43-,55-52-.